The summed E-state index contributed by atoms with van der Waals surface area (Å²) in [5.74, 6) is 0.723. The number of nitrogens with one attached hydrogen (secondary N) is 1. The van der Waals surface area contributed by atoms with Crippen LogP contribution in [-0.2, 0) is 0 Å². The SMILES string of the molecule is COc1ccccc1NC(=O)c1ncoc1-c1cccs1. The van der Waals surface area contributed by atoms with Crippen LogP contribution >= 0.6 is 11.3 Å². The minimum absolute atomic E-state index is 0.253. The highest BCUT2D eigenvalue weighted by atomic mass is 32.1. The number of anilines is 1. The summed E-state index contributed by atoms with van der Waals surface area (Å²) in [5, 5.41) is 4.70. The lowest BCUT2D eigenvalue weighted by Crippen LogP contribution is -2.13. The number of aromatic nitrogens is 1. The summed E-state index contributed by atoms with van der Waals surface area (Å²) in [6, 6.07) is 11.0. The molecule has 0 aliphatic heterocycles. The second-order valence-electron chi connectivity index (χ2n) is 4.16. The number of amides is 1. The van der Waals surface area contributed by atoms with Crippen LogP contribution in [0, 0.1) is 0 Å². The monoisotopic (exact) mass is 300 g/mol. The lowest BCUT2D eigenvalue weighted by atomic mass is 10.2. The molecule has 0 bridgehead atoms. The van der Waals surface area contributed by atoms with E-state index in [4.69, 9.17) is 9.15 Å². The molecule has 2 aromatic heterocycles. The number of hydrogen-bond donors (Lipinski definition) is 1. The third kappa shape index (κ3) is 2.66. The maximum absolute atomic E-state index is 12.4. The van der Waals surface area contributed by atoms with E-state index >= 15 is 0 Å². The van der Waals surface area contributed by atoms with Crippen LogP contribution in [0.3, 0.4) is 0 Å². The van der Waals surface area contributed by atoms with Crippen molar-refractivity contribution in [3.63, 3.8) is 0 Å². The second-order valence-corrected chi connectivity index (χ2v) is 5.11. The average Bonchev–Trinajstić information content (AvgIpc) is 3.18. The Hall–Kier alpha value is -2.60. The van der Waals surface area contributed by atoms with Crippen LogP contribution in [0.2, 0.25) is 0 Å². The Labute approximate surface area is 125 Å². The molecule has 0 fully saturated rings. The number of methoxy groups -OCH3 is 1. The van der Waals surface area contributed by atoms with Crippen molar-refractivity contribution in [2.45, 2.75) is 0 Å². The fourth-order valence-corrected chi connectivity index (χ4v) is 2.63. The molecule has 6 heteroatoms. The molecule has 3 rings (SSSR count). The van der Waals surface area contributed by atoms with Gasteiger partial charge in [0.1, 0.15) is 5.75 Å². The topological polar surface area (TPSA) is 64.4 Å². The van der Waals surface area contributed by atoms with Gasteiger partial charge in [0.15, 0.2) is 17.8 Å². The molecule has 1 N–H and O–H groups in total. The van der Waals surface area contributed by atoms with E-state index in [0.717, 1.165) is 4.88 Å². The third-order valence-corrected chi connectivity index (χ3v) is 3.75. The van der Waals surface area contributed by atoms with E-state index in [-0.39, 0.29) is 11.6 Å². The van der Waals surface area contributed by atoms with Crippen LogP contribution in [0.15, 0.2) is 52.6 Å². The summed E-state index contributed by atoms with van der Waals surface area (Å²) < 4.78 is 10.5. The highest BCUT2D eigenvalue weighted by Gasteiger charge is 2.19. The first-order chi connectivity index (χ1) is 10.3. The molecule has 1 amide bonds. The van der Waals surface area contributed by atoms with Crippen LogP contribution in [0.1, 0.15) is 10.5 Å². The van der Waals surface area contributed by atoms with Crippen molar-refractivity contribution in [3.05, 3.63) is 53.9 Å². The molecular weight excluding hydrogens is 288 g/mol. The Morgan fingerprint density at radius 3 is 2.90 bits per heavy atom. The van der Waals surface area contributed by atoms with E-state index in [1.807, 2.05) is 29.6 Å². The van der Waals surface area contributed by atoms with E-state index in [0.29, 0.717) is 17.2 Å². The minimum atomic E-state index is -0.336. The van der Waals surface area contributed by atoms with Gasteiger partial charge in [0.25, 0.3) is 5.91 Å². The van der Waals surface area contributed by atoms with Gasteiger partial charge in [0.05, 0.1) is 17.7 Å². The van der Waals surface area contributed by atoms with Gasteiger partial charge < -0.3 is 14.5 Å². The first kappa shape index (κ1) is 13.4. The number of rotatable bonds is 4. The summed E-state index contributed by atoms with van der Waals surface area (Å²) >= 11 is 1.49. The maximum Gasteiger partial charge on any atom is 0.278 e. The fourth-order valence-electron chi connectivity index (χ4n) is 1.92. The van der Waals surface area contributed by atoms with Crippen LogP contribution in [0.25, 0.3) is 10.6 Å². The largest absolute Gasteiger partial charge is 0.495 e. The number of nitrogens with zero attached hydrogens (tertiary/aromatic N) is 1. The van der Waals surface area contributed by atoms with Crippen LogP contribution in [0.4, 0.5) is 5.69 Å². The summed E-state index contributed by atoms with van der Waals surface area (Å²) in [6.45, 7) is 0. The van der Waals surface area contributed by atoms with E-state index in [1.165, 1.54) is 17.7 Å². The van der Waals surface area contributed by atoms with Gasteiger partial charge in [-0.05, 0) is 23.6 Å². The number of benzene rings is 1. The van der Waals surface area contributed by atoms with Crippen molar-refractivity contribution in [1.82, 2.24) is 4.98 Å². The Morgan fingerprint density at radius 1 is 1.29 bits per heavy atom. The predicted molar refractivity (Wildman–Crippen MR) is 80.8 cm³/mol. The molecule has 2 heterocycles. The first-order valence-corrected chi connectivity index (χ1v) is 7.09. The van der Waals surface area contributed by atoms with Gasteiger partial charge in [0.2, 0.25) is 0 Å². The predicted octanol–water partition coefficient (Wildman–Crippen LogP) is 3.66. The van der Waals surface area contributed by atoms with Crippen molar-refractivity contribution in [2.75, 3.05) is 12.4 Å². The highest BCUT2D eigenvalue weighted by Crippen LogP contribution is 2.29. The molecule has 0 saturated heterocycles. The van der Waals surface area contributed by atoms with Crippen LogP contribution in [-0.4, -0.2) is 18.0 Å². The molecule has 106 valence electrons. The van der Waals surface area contributed by atoms with Gasteiger partial charge in [-0.25, -0.2) is 4.98 Å². The fraction of sp³-hybridized carbons (Fsp3) is 0.0667. The molecule has 0 aliphatic carbocycles. The molecule has 3 aromatic rings. The van der Waals surface area contributed by atoms with Crippen LogP contribution < -0.4 is 10.1 Å². The Bertz CT molecular complexity index is 750. The third-order valence-electron chi connectivity index (χ3n) is 2.88. The zero-order valence-electron chi connectivity index (χ0n) is 11.2. The molecule has 0 atom stereocenters. The van der Waals surface area contributed by atoms with Gasteiger partial charge >= 0.3 is 0 Å². The Balaban J connectivity index is 1.89. The van der Waals surface area contributed by atoms with Gasteiger partial charge in [0, 0.05) is 0 Å². The summed E-state index contributed by atoms with van der Waals surface area (Å²) in [7, 11) is 1.55. The Kier molecular flexibility index (Phi) is 3.70. The number of thiophene rings is 1. The molecule has 0 unspecified atom stereocenters. The number of hydrogen-bond acceptors (Lipinski definition) is 5. The molecule has 1 aromatic carbocycles. The number of oxazole rings is 1. The normalized spacial score (nSPS) is 10.3. The standard InChI is InChI=1S/C15H12N2O3S/c1-19-11-6-3-2-5-10(11)17-15(18)13-14(20-9-16-13)12-7-4-8-21-12/h2-9H,1H3,(H,17,18). The quantitative estimate of drug-likeness (QED) is 0.798. The molecule has 5 nitrogen and oxygen atoms in total. The number of carbonyl (C=O) groups excluding carboxylic acids is 1. The van der Waals surface area contributed by atoms with Gasteiger partial charge in [-0.2, -0.15) is 0 Å². The van der Waals surface area contributed by atoms with Crippen molar-refractivity contribution in [3.8, 4) is 16.4 Å². The maximum atomic E-state index is 12.4. The average molecular weight is 300 g/mol. The number of para-hydroxylation sites is 2. The summed E-state index contributed by atoms with van der Waals surface area (Å²) in [4.78, 5) is 17.2. The second kappa shape index (κ2) is 5.80. The lowest BCUT2D eigenvalue weighted by Gasteiger charge is -2.08. The first-order valence-electron chi connectivity index (χ1n) is 6.21. The van der Waals surface area contributed by atoms with Crippen LogP contribution in [0.5, 0.6) is 5.75 Å². The Morgan fingerprint density at radius 2 is 2.14 bits per heavy atom. The molecular formula is C15H12N2O3S. The number of carbonyl (C=O) groups is 1. The smallest absolute Gasteiger partial charge is 0.278 e. The van der Waals surface area contributed by atoms with Gasteiger partial charge in [-0.1, -0.05) is 18.2 Å². The van der Waals surface area contributed by atoms with E-state index < -0.39 is 0 Å². The summed E-state index contributed by atoms with van der Waals surface area (Å²) in [5.41, 5.74) is 0.841. The van der Waals surface area contributed by atoms with E-state index in [1.54, 1.807) is 19.2 Å². The zero-order valence-corrected chi connectivity index (χ0v) is 12.0. The molecule has 0 aliphatic rings. The van der Waals surface area contributed by atoms with Crippen molar-refractivity contribution >= 4 is 22.9 Å². The van der Waals surface area contributed by atoms with Gasteiger partial charge in [-0.15, -0.1) is 11.3 Å². The van der Waals surface area contributed by atoms with Crippen molar-refractivity contribution < 1.29 is 13.9 Å². The molecule has 0 saturated carbocycles. The van der Waals surface area contributed by atoms with Crippen molar-refractivity contribution in [2.24, 2.45) is 0 Å². The highest BCUT2D eigenvalue weighted by molar-refractivity contribution is 7.13. The molecule has 0 spiro atoms. The van der Waals surface area contributed by atoms with E-state index in [2.05, 4.69) is 10.3 Å². The minimum Gasteiger partial charge on any atom is -0.495 e. The zero-order chi connectivity index (χ0) is 14.7. The molecule has 21 heavy (non-hydrogen) atoms. The van der Waals surface area contributed by atoms with Gasteiger partial charge in [-0.3, -0.25) is 4.79 Å². The van der Waals surface area contributed by atoms with Crippen molar-refractivity contribution in [1.29, 1.82) is 0 Å². The molecule has 0 radical (unpaired) electrons. The van der Waals surface area contributed by atoms with E-state index in [9.17, 15) is 4.79 Å². The summed E-state index contributed by atoms with van der Waals surface area (Å²) in [6.07, 6.45) is 1.27. The lowest BCUT2D eigenvalue weighted by molar-refractivity contribution is 0.102. The number of ether oxygens (including phenoxy) is 1.